The topological polar surface area (TPSA) is 109 Å². The smallest absolute Gasteiger partial charge is 0.433 e. The molecule has 1 amide bonds. The average molecular weight is 347 g/mol. The zero-order chi connectivity index (χ0) is 16.8. The van der Waals surface area contributed by atoms with Crippen LogP contribution in [0.3, 0.4) is 0 Å². The molecule has 3 aromatic rings. The van der Waals surface area contributed by atoms with Gasteiger partial charge in [0.15, 0.2) is 16.3 Å². The highest BCUT2D eigenvalue weighted by atomic mass is 32.1. The van der Waals surface area contributed by atoms with Crippen molar-refractivity contribution in [3.05, 3.63) is 44.9 Å². The van der Waals surface area contributed by atoms with E-state index < -0.39 is 16.7 Å². The molecule has 0 N–H and O–H groups in total. The normalized spacial score (nSPS) is 13.6. The number of furan rings is 1. The number of hydrogen-bond donors (Lipinski definition) is 0. The Kier molecular flexibility index (Phi) is 3.13. The zero-order valence-corrected chi connectivity index (χ0v) is 13.0. The minimum Gasteiger partial charge on any atom is -0.454 e. The molecule has 0 atom stereocenters. The van der Waals surface area contributed by atoms with Crippen molar-refractivity contribution in [3.63, 3.8) is 0 Å². The molecule has 24 heavy (non-hydrogen) atoms. The van der Waals surface area contributed by atoms with Gasteiger partial charge in [0.2, 0.25) is 12.6 Å². The van der Waals surface area contributed by atoms with E-state index in [-0.39, 0.29) is 12.6 Å². The highest BCUT2D eigenvalue weighted by Gasteiger charge is 2.19. The number of aryl methyl sites for hydroxylation is 1. The molecule has 0 aliphatic carbocycles. The van der Waals surface area contributed by atoms with E-state index >= 15 is 0 Å². The number of amides is 1. The maximum absolute atomic E-state index is 12.1. The molecule has 122 valence electrons. The standard InChI is InChI=1S/C14H9N3O6S/c1-16-7-4-9-10(22-6-21-9)5-11(7)24-14(16)15-13(18)8-2-3-12(23-8)17(19)20/h2-5H,6H2,1H3. The monoisotopic (exact) mass is 347 g/mol. The number of aromatic nitrogens is 1. The molecule has 0 spiro atoms. The Hall–Kier alpha value is -3.14. The fourth-order valence-electron chi connectivity index (χ4n) is 2.31. The number of nitro groups is 1. The third kappa shape index (κ3) is 2.24. The molecule has 10 heteroatoms. The van der Waals surface area contributed by atoms with E-state index in [1.54, 1.807) is 11.6 Å². The van der Waals surface area contributed by atoms with Crippen LogP contribution in [0.5, 0.6) is 11.5 Å². The van der Waals surface area contributed by atoms with Crippen molar-refractivity contribution in [1.29, 1.82) is 0 Å². The fourth-order valence-corrected chi connectivity index (χ4v) is 3.33. The SMILES string of the molecule is Cn1c(=NC(=O)c2ccc([N+](=O)[O-])o2)sc2cc3c(cc21)OCO3. The van der Waals surface area contributed by atoms with Crippen LogP contribution in [0.15, 0.2) is 33.7 Å². The second-order valence-electron chi connectivity index (χ2n) is 4.93. The number of rotatable bonds is 2. The second kappa shape index (κ2) is 5.20. The number of fused-ring (bicyclic) bond motifs is 2. The number of carbonyl (C=O) groups is 1. The van der Waals surface area contributed by atoms with Crippen LogP contribution in [-0.4, -0.2) is 22.2 Å². The summed E-state index contributed by atoms with van der Waals surface area (Å²) in [6.07, 6.45) is 0. The lowest BCUT2D eigenvalue weighted by molar-refractivity contribution is -0.402. The third-order valence-corrected chi connectivity index (χ3v) is 4.58. The van der Waals surface area contributed by atoms with Crippen LogP contribution in [0.1, 0.15) is 10.6 Å². The van der Waals surface area contributed by atoms with Crippen molar-refractivity contribution < 1.29 is 23.6 Å². The number of carbonyl (C=O) groups excluding carboxylic acids is 1. The Labute approximate surface area is 137 Å². The summed E-state index contributed by atoms with van der Waals surface area (Å²) in [6.45, 7) is 0.184. The molecule has 0 fully saturated rings. The minimum atomic E-state index is -0.711. The van der Waals surface area contributed by atoms with E-state index in [0.717, 1.165) is 16.3 Å². The molecule has 1 aliphatic rings. The summed E-state index contributed by atoms with van der Waals surface area (Å²) in [7, 11) is 1.76. The van der Waals surface area contributed by atoms with Crippen molar-refractivity contribution in [2.24, 2.45) is 12.0 Å². The van der Waals surface area contributed by atoms with Crippen molar-refractivity contribution in [2.75, 3.05) is 6.79 Å². The van der Waals surface area contributed by atoms with Crippen molar-refractivity contribution in [1.82, 2.24) is 4.57 Å². The van der Waals surface area contributed by atoms with E-state index in [0.29, 0.717) is 16.3 Å². The molecule has 0 unspecified atom stereocenters. The Balaban J connectivity index is 1.77. The van der Waals surface area contributed by atoms with Crippen molar-refractivity contribution >= 4 is 33.3 Å². The lowest BCUT2D eigenvalue weighted by atomic mass is 10.3. The van der Waals surface area contributed by atoms with Gasteiger partial charge in [-0.05, 0) is 6.07 Å². The van der Waals surface area contributed by atoms with Gasteiger partial charge in [0, 0.05) is 19.2 Å². The molecule has 1 aliphatic heterocycles. The molecule has 0 saturated heterocycles. The van der Waals surface area contributed by atoms with Crippen LogP contribution < -0.4 is 14.3 Å². The van der Waals surface area contributed by atoms with Crippen LogP contribution in [0.4, 0.5) is 5.88 Å². The summed E-state index contributed by atoms with van der Waals surface area (Å²) < 4.78 is 18.1. The highest BCUT2D eigenvalue weighted by molar-refractivity contribution is 7.16. The van der Waals surface area contributed by atoms with Gasteiger partial charge in [0.25, 0.3) is 0 Å². The lowest BCUT2D eigenvalue weighted by Gasteiger charge is -1.98. The Morgan fingerprint density at radius 2 is 2.08 bits per heavy atom. The quantitative estimate of drug-likeness (QED) is 0.519. The van der Waals surface area contributed by atoms with Crippen LogP contribution in [0.25, 0.3) is 10.2 Å². The van der Waals surface area contributed by atoms with Gasteiger partial charge in [-0.3, -0.25) is 14.9 Å². The first-order chi connectivity index (χ1) is 11.5. The van der Waals surface area contributed by atoms with Gasteiger partial charge >= 0.3 is 11.8 Å². The molecular weight excluding hydrogens is 338 g/mol. The van der Waals surface area contributed by atoms with Crippen LogP contribution in [0.2, 0.25) is 0 Å². The minimum absolute atomic E-state index is 0.184. The van der Waals surface area contributed by atoms with E-state index in [2.05, 4.69) is 4.99 Å². The predicted molar refractivity (Wildman–Crippen MR) is 82.2 cm³/mol. The van der Waals surface area contributed by atoms with Crippen LogP contribution in [-0.2, 0) is 7.05 Å². The summed E-state index contributed by atoms with van der Waals surface area (Å²) in [6, 6.07) is 5.99. The van der Waals surface area contributed by atoms with Crippen molar-refractivity contribution in [2.45, 2.75) is 0 Å². The zero-order valence-electron chi connectivity index (χ0n) is 12.2. The fraction of sp³-hybridized carbons (Fsp3) is 0.143. The summed E-state index contributed by atoms with van der Waals surface area (Å²) in [4.78, 5) is 26.5. The van der Waals surface area contributed by atoms with Crippen LogP contribution in [0, 0.1) is 10.1 Å². The summed E-state index contributed by atoms with van der Waals surface area (Å²) in [5, 5.41) is 10.6. The molecule has 0 saturated carbocycles. The molecule has 3 heterocycles. The van der Waals surface area contributed by atoms with Crippen molar-refractivity contribution in [3.8, 4) is 11.5 Å². The molecule has 0 bridgehead atoms. The average Bonchev–Trinajstić information content (AvgIpc) is 3.25. The second-order valence-corrected chi connectivity index (χ2v) is 5.94. The summed E-state index contributed by atoms with van der Waals surface area (Å²) in [5.41, 5.74) is 0.834. The molecule has 9 nitrogen and oxygen atoms in total. The molecule has 4 rings (SSSR count). The lowest BCUT2D eigenvalue weighted by Crippen LogP contribution is -2.13. The molecule has 0 radical (unpaired) electrons. The number of hydrogen-bond acceptors (Lipinski definition) is 7. The van der Waals surface area contributed by atoms with E-state index in [1.165, 1.54) is 17.4 Å². The first-order valence-electron chi connectivity index (χ1n) is 6.75. The number of benzene rings is 1. The first kappa shape index (κ1) is 14.5. The van der Waals surface area contributed by atoms with Gasteiger partial charge in [-0.25, -0.2) is 0 Å². The number of nitrogens with zero attached hydrogens (tertiary/aromatic N) is 3. The summed E-state index contributed by atoms with van der Waals surface area (Å²) >= 11 is 1.29. The number of ether oxygens (including phenoxy) is 2. The predicted octanol–water partition coefficient (Wildman–Crippen LogP) is 2.21. The van der Waals surface area contributed by atoms with Gasteiger partial charge < -0.3 is 18.5 Å². The molecular formula is C14H9N3O6S. The number of thiazole rings is 1. The van der Waals surface area contributed by atoms with Crippen LogP contribution >= 0.6 is 11.3 Å². The van der Waals surface area contributed by atoms with E-state index in [9.17, 15) is 14.9 Å². The van der Waals surface area contributed by atoms with Gasteiger partial charge in [0.1, 0.15) is 4.92 Å². The maximum atomic E-state index is 12.1. The van der Waals surface area contributed by atoms with Gasteiger partial charge in [-0.2, -0.15) is 4.99 Å². The van der Waals surface area contributed by atoms with E-state index in [1.807, 2.05) is 12.1 Å². The third-order valence-electron chi connectivity index (χ3n) is 3.48. The largest absolute Gasteiger partial charge is 0.454 e. The molecule has 2 aromatic heterocycles. The van der Waals surface area contributed by atoms with Gasteiger partial charge in [-0.15, -0.1) is 0 Å². The Morgan fingerprint density at radius 1 is 1.33 bits per heavy atom. The Bertz CT molecular complexity index is 1060. The van der Waals surface area contributed by atoms with Gasteiger partial charge in [-0.1, -0.05) is 11.3 Å². The Morgan fingerprint density at radius 3 is 2.79 bits per heavy atom. The highest BCUT2D eigenvalue weighted by Crippen LogP contribution is 2.36. The first-order valence-corrected chi connectivity index (χ1v) is 7.57. The van der Waals surface area contributed by atoms with E-state index in [4.69, 9.17) is 13.9 Å². The molecule has 1 aromatic carbocycles. The summed E-state index contributed by atoms with van der Waals surface area (Å²) in [5.74, 6) is -0.0991. The van der Waals surface area contributed by atoms with Gasteiger partial charge in [0.05, 0.1) is 16.3 Å². The maximum Gasteiger partial charge on any atom is 0.433 e.